The van der Waals surface area contributed by atoms with Gasteiger partial charge in [0.25, 0.3) is 0 Å². The van der Waals surface area contributed by atoms with E-state index in [2.05, 4.69) is 9.47 Å². The van der Waals surface area contributed by atoms with E-state index in [1.54, 1.807) is 12.1 Å². The van der Waals surface area contributed by atoms with Crippen LogP contribution in [0.4, 0.5) is 0 Å². The zero-order valence-corrected chi connectivity index (χ0v) is 12.2. The Kier molecular flexibility index (Phi) is 5.83. The van der Waals surface area contributed by atoms with Crippen LogP contribution < -0.4 is 0 Å². The van der Waals surface area contributed by atoms with Crippen LogP contribution in [-0.4, -0.2) is 26.2 Å². The zero-order valence-electron chi connectivity index (χ0n) is 9.75. The maximum Gasteiger partial charge on any atom is 0.350 e. The summed E-state index contributed by atoms with van der Waals surface area (Å²) in [5.74, 6) is -1.51. The highest BCUT2D eigenvalue weighted by Crippen LogP contribution is 2.59. The minimum atomic E-state index is -0.754. The van der Waals surface area contributed by atoms with Crippen molar-refractivity contribution in [2.45, 2.75) is 0 Å². The van der Waals surface area contributed by atoms with Crippen LogP contribution >= 0.6 is 33.3 Å². The molecule has 0 amide bonds. The quantitative estimate of drug-likeness (QED) is 0.327. The Morgan fingerprint density at radius 1 is 0.947 bits per heavy atom. The number of methoxy groups -OCH3 is 2. The summed E-state index contributed by atoms with van der Waals surface area (Å²) in [6.45, 7) is 0. The van der Waals surface area contributed by atoms with Crippen LogP contribution in [0, 0.1) is 22.7 Å². The van der Waals surface area contributed by atoms with Gasteiger partial charge in [-0.2, -0.15) is 10.5 Å². The van der Waals surface area contributed by atoms with Crippen molar-refractivity contribution in [3.8, 4) is 12.1 Å². The molecule has 1 heterocycles. The van der Waals surface area contributed by atoms with Crippen LogP contribution in [0.3, 0.4) is 0 Å². The second kappa shape index (κ2) is 7.14. The van der Waals surface area contributed by atoms with E-state index in [1.165, 1.54) is 14.2 Å². The third-order valence-corrected chi connectivity index (χ3v) is 6.25. The van der Waals surface area contributed by atoms with Gasteiger partial charge in [-0.15, -0.1) is 0 Å². The first-order valence-electron chi connectivity index (χ1n) is 4.56. The minimum absolute atomic E-state index is 0.151. The van der Waals surface area contributed by atoms with Crippen molar-refractivity contribution in [3.63, 3.8) is 0 Å². The van der Waals surface area contributed by atoms with Crippen molar-refractivity contribution in [3.05, 3.63) is 19.6 Å². The van der Waals surface area contributed by atoms with Crippen LogP contribution in [0.1, 0.15) is 0 Å². The molecular formula is C10H6N2O4S3. The normalized spacial score (nSPS) is 18.9. The fraction of sp³-hybridized carbons (Fsp3) is 0.200. The van der Waals surface area contributed by atoms with Crippen molar-refractivity contribution < 1.29 is 19.1 Å². The largest absolute Gasteiger partial charge is 0.465 e. The van der Waals surface area contributed by atoms with Crippen molar-refractivity contribution >= 4 is 45.3 Å². The van der Waals surface area contributed by atoms with Crippen LogP contribution in [-0.2, 0) is 19.1 Å². The van der Waals surface area contributed by atoms with Gasteiger partial charge in [0.1, 0.15) is 12.1 Å². The summed E-state index contributed by atoms with van der Waals surface area (Å²) < 4.78 is 9.72. The molecule has 0 aliphatic carbocycles. The van der Waals surface area contributed by atoms with E-state index in [0.717, 1.165) is 33.3 Å². The molecule has 1 aliphatic rings. The second-order valence-electron chi connectivity index (χ2n) is 2.80. The molecule has 0 N–H and O–H groups in total. The maximum absolute atomic E-state index is 11.4. The minimum Gasteiger partial charge on any atom is -0.465 e. The smallest absolute Gasteiger partial charge is 0.350 e. The van der Waals surface area contributed by atoms with Gasteiger partial charge in [-0.1, -0.05) is 11.8 Å². The van der Waals surface area contributed by atoms with Gasteiger partial charge in [-0.25, -0.2) is 9.59 Å². The van der Waals surface area contributed by atoms with E-state index >= 15 is 0 Å². The monoisotopic (exact) mass is 314 g/mol. The zero-order chi connectivity index (χ0) is 14.4. The molecule has 0 aromatic heterocycles. The number of nitrogens with zero attached hydrogens (tertiary/aromatic N) is 2. The maximum atomic E-state index is 11.4. The van der Waals surface area contributed by atoms with Crippen LogP contribution in [0.25, 0.3) is 0 Å². The standard InChI is InChI=1S/C10H6N2O4S3/c1-15-7(13)5(3-11)9-17-10(19-18-9)6(4-12)8(14)16-2/h1-2H3. The van der Waals surface area contributed by atoms with Crippen molar-refractivity contribution in [1.29, 1.82) is 10.5 Å². The molecule has 0 radical (unpaired) electrons. The van der Waals surface area contributed by atoms with E-state index in [0.29, 0.717) is 8.47 Å². The summed E-state index contributed by atoms with van der Waals surface area (Å²) in [7, 11) is 4.58. The fourth-order valence-electron chi connectivity index (χ4n) is 0.933. The van der Waals surface area contributed by atoms with Gasteiger partial charge in [0, 0.05) is 0 Å². The van der Waals surface area contributed by atoms with E-state index in [1.807, 2.05) is 0 Å². The molecule has 19 heavy (non-hydrogen) atoms. The van der Waals surface area contributed by atoms with Gasteiger partial charge in [0.05, 0.1) is 22.7 Å². The number of carbonyl (C=O) groups is 2. The number of esters is 2. The van der Waals surface area contributed by atoms with Crippen molar-refractivity contribution in [1.82, 2.24) is 0 Å². The number of carbonyl (C=O) groups excluding carboxylic acids is 2. The molecule has 9 heteroatoms. The van der Waals surface area contributed by atoms with Crippen LogP contribution in [0.15, 0.2) is 19.6 Å². The van der Waals surface area contributed by atoms with Crippen LogP contribution in [0.2, 0.25) is 0 Å². The third kappa shape index (κ3) is 3.47. The number of nitriles is 2. The first-order chi connectivity index (χ1) is 9.08. The molecule has 0 aromatic carbocycles. The summed E-state index contributed by atoms with van der Waals surface area (Å²) in [5, 5.41) is 17.8. The summed E-state index contributed by atoms with van der Waals surface area (Å²) in [6, 6.07) is 3.49. The first-order valence-corrected chi connectivity index (χ1v) is 7.53. The number of thioether (sulfide) groups is 1. The average Bonchev–Trinajstić information content (AvgIpc) is 2.89. The third-order valence-electron chi connectivity index (χ3n) is 1.79. The number of ether oxygens (including phenoxy) is 2. The van der Waals surface area contributed by atoms with Gasteiger partial charge >= 0.3 is 11.9 Å². The predicted molar refractivity (Wildman–Crippen MR) is 72.1 cm³/mol. The van der Waals surface area contributed by atoms with E-state index in [9.17, 15) is 9.59 Å². The molecule has 1 aliphatic heterocycles. The Hall–Kier alpha value is -1.55. The molecule has 0 saturated carbocycles. The SMILES string of the molecule is COC(=O)C(C#N)=C1SSC(=C(C#N)C(=O)OC)S1. The number of rotatable bonds is 2. The molecule has 1 rings (SSSR count). The van der Waals surface area contributed by atoms with Crippen molar-refractivity contribution in [2.24, 2.45) is 0 Å². The van der Waals surface area contributed by atoms with Gasteiger partial charge in [-0.05, 0) is 21.6 Å². The lowest BCUT2D eigenvalue weighted by atomic mass is 10.3. The molecule has 0 atom stereocenters. The molecule has 1 saturated heterocycles. The summed E-state index contributed by atoms with van der Waals surface area (Å²) in [6.07, 6.45) is 0. The molecule has 1 fully saturated rings. The van der Waals surface area contributed by atoms with E-state index in [4.69, 9.17) is 10.5 Å². The Balaban J connectivity index is 3.14. The summed E-state index contributed by atoms with van der Waals surface area (Å²) in [5.41, 5.74) is -0.302. The van der Waals surface area contributed by atoms with Crippen LogP contribution in [0.5, 0.6) is 0 Å². The summed E-state index contributed by atoms with van der Waals surface area (Å²) in [4.78, 5) is 22.7. The Morgan fingerprint density at radius 3 is 1.58 bits per heavy atom. The van der Waals surface area contributed by atoms with Gasteiger partial charge in [0.2, 0.25) is 0 Å². The molecule has 6 nitrogen and oxygen atoms in total. The molecule has 0 bridgehead atoms. The molecule has 0 unspecified atom stereocenters. The van der Waals surface area contributed by atoms with Gasteiger partial charge < -0.3 is 9.47 Å². The lowest BCUT2D eigenvalue weighted by molar-refractivity contribution is -0.136. The van der Waals surface area contributed by atoms with Gasteiger partial charge in [-0.3, -0.25) is 0 Å². The number of hydrogen-bond acceptors (Lipinski definition) is 9. The molecule has 98 valence electrons. The molecular weight excluding hydrogens is 308 g/mol. The Morgan fingerprint density at radius 2 is 1.32 bits per heavy atom. The highest BCUT2D eigenvalue weighted by Gasteiger charge is 2.29. The molecule has 0 spiro atoms. The highest BCUT2D eigenvalue weighted by molar-refractivity contribution is 8.86. The lowest BCUT2D eigenvalue weighted by Gasteiger charge is -1.99. The van der Waals surface area contributed by atoms with Gasteiger partial charge in [0.15, 0.2) is 11.1 Å². The Labute approximate surface area is 121 Å². The second-order valence-corrected chi connectivity index (χ2v) is 6.49. The topological polar surface area (TPSA) is 100 Å². The van der Waals surface area contributed by atoms with E-state index in [-0.39, 0.29) is 11.1 Å². The molecule has 0 aromatic rings. The first kappa shape index (κ1) is 15.5. The Bertz CT molecular complexity index is 518. The lowest BCUT2D eigenvalue weighted by Crippen LogP contribution is -2.04. The number of hydrogen-bond donors (Lipinski definition) is 0. The fourth-order valence-corrected chi connectivity index (χ4v) is 5.25. The van der Waals surface area contributed by atoms with Crippen molar-refractivity contribution in [2.75, 3.05) is 14.2 Å². The predicted octanol–water partition coefficient (Wildman–Crippen LogP) is 1.93. The summed E-state index contributed by atoms with van der Waals surface area (Å²) >= 11 is 1.00. The van der Waals surface area contributed by atoms with E-state index < -0.39 is 11.9 Å². The average molecular weight is 314 g/mol. The highest BCUT2D eigenvalue weighted by atomic mass is 33.1.